The Balaban J connectivity index is 1.50. The van der Waals surface area contributed by atoms with Gasteiger partial charge in [-0.2, -0.15) is 0 Å². The summed E-state index contributed by atoms with van der Waals surface area (Å²) < 4.78 is 2.33. The molecular formula is C29H29N3OS. The molecule has 4 aromatic rings. The van der Waals surface area contributed by atoms with Crippen molar-refractivity contribution in [2.24, 2.45) is 0 Å². The highest BCUT2D eigenvalue weighted by Gasteiger charge is 2.36. The summed E-state index contributed by atoms with van der Waals surface area (Å²) in [5, 5.41) is 4.54. The van der Waals surface area contributed by atoms with Crippen LogP contribution in [0.1, 0.15) is 57.3 Å². The predicted octanol–water partition coefficient (Wildman–Crippen LogP) is 7.17. The third-order valence-corrected chi connectivity index (χ3v) is 8.73. The minimum atomic E-state index is -0.167. The molecule has 0 spiro atoms. The van der Waals surface area contributed by atoms with Crippen LogP contribution in [0.2, 0.25) is 0 Å². The van der Waals surface area contributed by atoms with Crippen LogP contribution in [0.5, 0.6) is 0 Å². The number of carbonyl (C=O) groups excluding carboxylic acids is 1. The number of hydrogen-bond donors (Lipinski definition) is 1. The summed E-state index contributed by atoms with van der Waals surface area (Å²) in [5.41, 5.74) is 8.23. The number of amides is 2. The van der Waals surface area contributed by atoms with Gasteiger partial charge in [0.15, 0.2) is 0 Å². The van der Waals surface area contributed by atoms with Crippen LogP contribution in [0.4, 0.5) is 10.5 Å². The normalized spacial score (nSPS) is 16.9. The standard InChI is InChI=1S/C29H29N3OS/c1-19-10-8-14-24(20(19)2)30-29(33)32-18-23-22-13-6-7-16-26(22)34-28(23)31-17-9-15-25(31)27(32)21-11-4-3-5-12-21/h3-5,8-12,14-15,17,27H,6-7,13,16,18H2,1-2H3,(H,30,33)/t27-/m1/s1. The molecule has 0 saturated carbocycles. The molecule has 2 aliphatic rings. The van der Waals surface area contributed by atoms with Gasteiger partial charge >= 0.3 is 6.03 Å². The Bertz CT molecular complexity index is 1370. The van der Waals surface area contributed by atoms with Gasteiger partial charge in [0.1, 0.15) is 5.00 Å². The molecule has 0 unspecified atom stereocenters. The first-order valence-electron chi connectivity index (χ1n) is 12.1. The molecule has 3 heterocycles. The number of thiophene rings is 1. The van der Waals surface area contributed by atoms with E-state index in [2.05, 4.69) is 72.4 Å². The van der Waals surface area contributed by atoms with E-state index in [1.165, 1.54) is 39.4 Å². The van der Waals surface area contributed by atoms with Crippen LogP contribution < -0.4 is 5.32 Å². The number of aryl methyl sites for hydroxylation is 2. The average Bonchev–Trinajstić information content (AvgIpc) is 3.44. The Hall–Kier alpha value is -3.31. The van der Waals surface area contributed by atoms with E-state index >= 15 is 0 Å². The van der Waals surface area contributed by atoms with Crippen molar-refractivity contribution in [3.05, 3.63) is 105 Å². The summed E-state index contributed by atoms with van der Waals surface area (Å²) in [6.45, 7) is 4.76. The molecule has 4 nitrogen and oxygen atoms in total. The second kappa shape index (κ2) is 8.48. The summed E-state index contributed by atoms with van der Waals surface area (Å²) in [4.78, 5) is 17.5. The lowest BCUT2D eigenvalue weighted by atomic mass is 9.95. The molecule has 0 bridgehead atoms. The van der Waals surface area contributed by atoms with Crippen LogP contribution in [0.25, 0.3) is 5.00 Å². The maximum Gasteiger partial charge on any atom is 0.322 e. The monoisotopic (exact) mass is 467 g/mol. The van der Waals surface area contributed by atoms with E-state index in [9.17, 15) is 4.79 Å². The number of carbonyl (C=O) groups is 1. The Morgan fingerprint density at radius 3 is 2.62 bits per heavy atom. The van der Waals surface area contributed by atoms with Crippen molar-refractivity contribution < 1.29 is 4.79 Å². The minimum absolute atomic E-state index is 0.0566. The fourth-order valence-corrected chi connectivity index (χ4v) is 6.85. The summed E-state index contributed by atoms with van der Waals surface area (Å²) in [6.07, 6.45) is 6.92. The Morgan fingerprint density at radius 1 is 0.941 bits per heavy atom. The van der Waals surface area contributed by atoms with E-state index in [1.54, 1.807) is 0 Å². The topological polar surface area (TPSA) is 37.3 Å². The molecule has 1 N–H and O–H groups in total. The van der Waals surface area contributed by atoms with Gasteiger partial charge in [-0.25, -0.2) is 4.79 Å². The lowest BCUT2D eigenvalue weighted by Crippen LogP contribution is -2.38. The van der Waals surface area contributed by atoms with E-state index in [1.807, 2.05) is 34.4 Å². The molecule has 2 aromatic heterocycles. The molecule has 0 fully saturated rings. The summed E-state index contributed by atoms with van der Waals surface area (Å²) in [7, 11) is 0. The SMILES string of the molecule is Cc1cccc(NC(=O)N2Cc3c(sc4c3CCCC4)-n3cccc3[C@H]2c2ccccc2)c1C. The first-order valence-corrected chi connectivity index (χ1v) is 12.9. The molecule has 6 rings (SSSR count). The number of anilines is 1. The number of benzene rings is 2. The van der Waals surface area contributed by atoms with Crippen molar-refractivity contribution in [3.63, 3.8) is 0 Å². The Morgan fingerprint density at radius 2 is 1.76 bits per heavy atom. The van der Waals surface area contributed by atoms with E-state index in [4.69, 9.17) is 0 Å². The van der Waals surface area contributed by atoms with Crippen LogP contribution in [-0.2, 0) is 19.4 Å². The minimum Gasteiger partial charge on any atom is -0.310 e. The molecule has 5 heteroatoms. The van der Waals surface area contributed by atoms with Crippen molar-refractivity contribution in [1.29, 1.82) is 0 Å². The zero-order valence-corrected chi connectivity index (χ0v) is 20.5. The van der Waals surface area contributed by atoms with E-state index < -0.39 is 0 Å². The number of rotatable bonds is 2. The number of urea groups is 1. The van der Waals surface area contributed by atoms with Crippen LogP contribution in [0.15, 0.2) is 66.9 Å². The molecule has 0 saturated heterocycles. The lowest BCUT2D eigenvalue weighted by Gasteiger charge is -2.31. The van der Waals surface area contributed by atoms with Crippen LogP contribution in [0.3, 0.4) is 0 Å². The van der Waals surface area contributed by atoms with E-state index in [0.29, 0.717) is 6.54 Å². The average molecular weight is 468 g/mol. The largest absolute Gasteiger partial charge is 0.322 e. The van der Waals surface area contributed by atoms with Gasteiger partial charge in [0.25, 0.3) is 0 Å². The van der Waals surface area contributed by atoms with Gasteiger partial charge in [-0.3, -0.25) is 0 Å². The molecule has 172 valence electrons. The fourth-order valence-electron chi connectivity index (χ4n) is 5.45. The van der Waals surface area contributed by atoms with Crippen LogP contribution >= 0.6 is 11.3 Å². The number of nitrogens with one attached hydrogen (secondary N) is 1. The van der Waals surface area contributed by atoms with Crippen LogP contribution in [-0.4, -0.2) is 15.5 Å². The smallest absolute Gasteiger partial charge is 0.310 e. The molecular weight excluding hydrogens is 438 g/mol. The first kappa shape index (κ1) is 21.2. The third-order valence-electron chi connectivity index (χ3n) is 7.40. The number of hydrogen-bond acceptors (Lipinski definition) is 2. The van der Waals surface area contributed by atoms with E-state index in [0.717, 1.165) is 35.3 Å². The summed E-state index contributed by atoms with van der Waals surface area (Å²) in [6, 6.07) is 20.6. The fraction of sp³-hybridized carbons (Fsp3) is 0.276. The molecule has 2 aromatic carbocycles. The quantitative estimate of drug-likeness (QED) is 0.333. The summed E-state index contributed by atoms with van der Waals surface area (Å²) >= 11 is 1.92. The van der Waals surface area contributed by atoms with Gasteiger partial charge in [-0.1, -0.05) is 42.5 Å². The highest BCUT2D eigenvalue weighted by Crippen LogP contribution is 2.44. The zero-order valence-electron chi connectivity index (χ0n) is 19.7. The molecule has 1 aliphatic carbocycles. The number of aromatic nitrogens is 1. The van der Waals surface area contributed by atoms with Crippen molar-refractivity contribution in [1.82, 2.24) is 9.47 Å². The van der Waals surface area contributed by atoms with Crippen molar-refractivity contribution in [2.45, 2.75) is 52.1 Å². The summed E-state index contributed by atoms with van der Waals surface area (Å²) in [5.74, 6) is 0. The lowest BCUT2D eigenvalue weighted by molar-refractivity contribution is 0.194. The highest BCUT2D eigenvalue weighted by molar-refractivity contribution is 7.15. The van der Waals surface area contributed by atoms with Gasteiger partial charge in [0, 0.05) is 22.3 Å². The molecule has 1 atom stereocenters. The molecule has 34 heavy (non-hydrogen) atoms. The van der Waals surface area contributed by atoms with Gasteiger partial charge < -0.3 is 14.8 Å². The second-order valence-electron chi connectivity index (χ2n) is 9.42. The van der Waals surface area contributed by atoms with Crippen molar-refractivity contribution in [2.75, 3.05) is 5.32 Å². The molecule has 2 amide bonds. The first-order chi connectivity index (χ1) is 16.6. The zero-order chi connectivity index (χ0) is 23.2. The third kappa shape index (κ3) is 3.46. The molecule has 1 aliphatic heterocycles. The van der Waals surface area contributed by atoms with Gasteiger partial charge in [0.2, 0.25) is 0 Å². The highest BCUT2D eigenvalue weighted by atomic mass is 32.1. The van der Waals surface area contributed by atoms with Gasteiger partial charge in [-0.05, 0) is 80.0 Å². The van der Waals surface area contributed by atoms with Crippen molar-refractivity contribution >= 4 is 23.1 Å². The van der Waals surface area contributed by atoms with Crippen molar-refractivity contribution in [3.8, 4) is 5.00 Å². The molecule has 0 radical (unpaired) electrons. The predicted molar refractivity (Wildman–Crippen MR) is 139 cm³/mol. The van der Waals surface area contributed by atoms with Gasteiger partial charge in [-0.15, -0.1) is 11.3 Å². The Labute approximate surface area is 204 Å². The maximum absolute atomic E-state index is 14.0. The van der Waals surface area contributed by atoms with Crippen LogP contribution in [0, 0.1) is 13.8 Å². The maximum atomic E-state index is 14.0. The second-order valence-corrected chi connectivity index (χ2v) is 10.5. The van der Waals surface area contributed by atoms with Gasteiger partial charge in [0.05, 0.1) is 18.3 Å². The number of fused-ring (bicyclic) bond motifs is 5. The van der Waals surface area contributed by atoms with E-state index in [-0.39, 0.29) is 12.1 Å². The Kier molecular flexibility index (Phi) is 5.30. The number of nitrogens with zero attached hydrogens (tertiary/aromatic N) is 2.